The quantitative estimate of drug-likeness (QED) is 0.0347. The lowest BCUT2D eigenvalue weighted by Crippen LogP contribution is -2.30. The van der Waals surface area contributed by atoms with Crippen molar-refractivity contribution in [3.8, 4) is 0 Å². The topological polar surface area (TPSA) is 61.8 Å². The van der Waals surface area contributed by atoms with Crippen LogP contribution < -0.4 is 0 Å². The van der Waals surface area contributed by atoms with E-state index in [9.17, 15) is 9.59 Å². The van der Waals surface area contributed by atoms with Gasteiger partial charge < -0.3 is 14.2 Å². The average Bonchev–Trinajstić information content (AvgIpc) is 3.25. The van der Waals surface area contributed by atoms with Gasteiger partial charge in [0, 0.05) is 19.4 Å². The number of hydrogen-bond acceptors (Lipinski definition) is 5. The van der Waals surface area contributed by atoms with Crippen LogP contribution in [0.2, 0.25) is 0 Å². The van der Waals surface area contributed by atoms with Crippen molar-refractivity contribution in [2.75, 3.05) is 19.8 Å². The van der Waals surface area contributed by atoms with Gasteiger partial charge in [-0.15, -0.1) is 0 Å². The number of rotatable bonds is 48. The van der Waals surface area contributed by atoms with E-state index in [2.05, 4.69) is 69.4 Å². The van der Waals surface area contributed by atoms with Gasteiger partial charge in [0.05, 0.1) is 6.61 Å². The highest BCUT2D eigenvalue weighted by molar-refractivity contribution is 5.70. The van der Waals surface area contributed by atoms with Gasteiger partial charge in [0.1, 0.15) is 6.61 Å². The molecule has 60 heavy (non-hydrogen) atoms. The molecular weight excluding hydrogens is 741 g/mol. The maximum absolute atomic E-state index is 12.8. The highest BCUT2D eigenvalue weighted by Crippen LogP contribution is 2.15. The molecule has 0 bridgehead atoms. The highest BCUT2D eigenvalue weighted by Gasteiger charge is 2.17. The van der Waals surface area contributed by atoms with Gasteiger partial charge in [-0.25, -0.2) is 0 Å². The molecule has 0 radical (unpaired) electrons. The third-order valence-electron chi connectivity index (χ3n) is 11.3. The minimum Gasteiger partial charge on any atom is -0.462 e. The summed E-state index contributed by atoms with van der Waals surface area (Å²) in [7, 11) is 0. The molecule has 0 N–H and O–H groups in total. The van der Waals surface area contributed by atoms with E-state index in [0.29, 0.717) is 19.4 Å². The van der Waals surface area contributed by atoms with Crippen molar-refractivity contribution in [3.63, 3.8) is 0 Å². The molecule has 0 heterocycles. The Morgan fingerprint density at radius 2 is 0.750 bits per heavy atom. The maximum atomic E-state index is 12.8. The molecule has 0 saturated carbocycles. The monoisotopic (exact) mass is 841 g/mol. The van der Waals surface area contributed by atoms with Gasteiger partial charge in [0.2, 0.25) is 0 Å². The molecule has 0 spiro atoms. The Labute approximate surface area is 373 Å². The molecule has 0 aliphatic heterocycles. The van der Waals surface area contributed by atoms with Crippen LogP contribution in [0.3, 0.4) is 0 Å². The fourth-order valence-corrected chi connectivity index (χ4v) is 7.46. The first-order chi connectivity index (χ1) is 29.6. The first kappa shape index (κ1) is 57.9. The summed E-state index contributed by atoms with van der Waals surface area (Å²) in [5.41, 5.74) is 0. The fourth-order valence-electron chi connectivity index (χ4n) is 7.46. The van der Waals surface area contributed by atoms with Gasteiger partial charge in [0.15, 0.2) is 6.10 Å². The molecule has 0 amide bonds. The van der Waals surface area contributed by atoms with E-state index in [4.69, 9.17) is 14.2 Å². The summed E-state index contributed by atoms with van der Waals surface area (Å²) in [6.07, 6.45) is 62.6. The van der Waals surface area contributed by atoms with Crippen LogP contribution in [0.15, 0.2) is 48.6 Å². The Morgan fingerprint density at radius 1 is 0.383 bits per heavy atom. The highest BCUT2D eigenvalue weighted by atomic mass is 16.6. The second-order valence-corrected chi connectivity index (χ2v) is 17.4. The Kier molecular flexibility index (Phi) is 49.4. The summed E-state index contributed by atoms with van der Waals surface area (Å²) < 4.78 is 17.4. The number of carbonyl (C=O) groups excluding carboxylic acids is 2. The number of unbranched alkanes of at least 4 members (excludes halogenated alkanes) is 29. The Hall–Kier alpha value is -2.14. The van der Waals surface area contributed by atoms with E-state index in [1.165, 1.54) is 161 Å². The van der Waals surface area contributed by atoms with Crippen molar-refractivity contribution >= 4 is 11.9 Å². The number of hydrogen-bond donors (Lipinski definition) is 0. The smallest absolute Gasteiger partial charge is 0.306 e. The van der Waals surface area contributed by atoms with E-state index in [1.54, 1.807) is 0 Å². The van der Waals surface area contributed by atoms with Gasteiger partial charge >= 0.3 is 11.9 Å². The molecular formula is C55H100O5. The van der Waals surface area contributed by atoms with E-state index >= 15 is 0 Å². The fraction of sp³-hybridized carbons (Fsp3) is 0.818. The van der Waals surface area contributed by atoms with Gasteiger partial charge in [-0.1, -0.05) is 223 Å². The second-order valence-electron chi connectivity index (χ2n) is 17.4. The molecule has 0 aromatic heterocycles. The lowest BCUT2D eigenvalue weighted by molar-refractivity contribution is -0.163. The number of ether oxygens (including phenoxy) is 3. The third-order valence-corrected chi connectivity index (χ3v) is 11.3. The number of carbonyl (C=O) groups is 2. The molecule has 350 valence electrons. The van der Waals surface area contributed by atoms with Crippen molar-refractivity contribution in [1.29, 1.82) is 0 Å². The number of allylic oxidation sites excluding steroid dienone is 8. The number of esters is 2. The normalized spacial score (nSPS) is 12.5. The van der Waals surface area contributed by atoms with Crippen molar-refractivity contribution in [1.82, 2.24) is 0 Å². The lowest BCUT2D eigenvalue weighted by Gasteiger charge is -2.18. The first-order valence-electron chi connectivity index (χ1n) is 26.2. The predicted octanol–water partition coefficient (Wildman–Crippen LogP) is 17.6. The maximum Gasteiger partial charge on any atom is 0.306 e. The van der Waals surface area contributed by atoms with Crippen molar-refractivity contribution in [2.45, 2.75) is 271 Å². The average molecular weight is 841 g/mol. The van der Waals surface area contributed by atoms with Crippen LogP contribution in [0.1, 0.15) is 265 Å². The van der Waals surface area contributed by atoms with Gasteiger partial charge in [-0.3, -0.25) is 9.59 Å². The molecule has 0 aromatic carbocycles. The molecule has 1 atom stereocenters. The van der Waals surface area contributed by atoms with E-state index in [1.807, 2.05) is 0 Å². The third kappa shape index (κ3) is 48.5. The van der Waals surface area contributed by atoms with E-state index < -0.39 is 6.10 Å². The Balaban J connectivity index is 4.27. The second kappa shape index (κ2) is 51.2. The minimum absolute atomic E-state index is 0.0769. The van der Waals surface area contributed by atoms with E-state index in [-0.39, 0.29) is 25.2 Å². The standard InChI is InChI=1S/C55H100O5/c1-4-7-10-13-16-19-22-25-27-29-32-35-38-41-44-47-50-58-51-53(60-55(57)49-46-43-40-37-34-30-24-21-18-15-12-9-6-3)52-59-54(56)48-45-42-39-36-33-31-28-26-23-20-17-14-11-8-5-2/h8,11,17,20,25-28,53H,4-7,9-10,12-16,18-19,21-24,29-52H2,1-3H3/b11-8-,20-17-,27-25-,28-26-. The largest absolute Gasteiger partial charge is 0.462 e. The molecule has 0 saturated heterocycles. The van der Waals surface area contributed by atoms with Crippen LogP contribution in [0.4, 0.5) is 0 Å². The molecule has 0 fully saturated rings. The molecule has 0 aliphatic rings. The van der Waals surface area contributed by atoms with Crippen LogP contribution >= 0.6 is 0 Å². The summed E-state index contributed by atoms with van der Waals surface area (Å²) >= 11 is 0. The van der Waals surface area contributed by atoms with Crippen molar-refractivity contribution < 1.29 is 23.8 Å². The summed E-state index contributed by atoms with van der Waals surface area (Å²) in [6.45, 7) is 7.71. The summed E-state index contributed by atoms with van der Waals surface area (Å²) in [5, 5.41) is 0. The zero-order chi connectivity index (χ0) is 43.5. The van der Waals surface area contributed by atoms with Crippen LogP contribution in [0.5, 0.6) is 0 Å². The molecule has 0 rings (SSSR count). The zero-order valence-corrected chi connectivity index (χ0v) is 40.2. The zero-order valence-electron chi connectivity index (χ0n) is 40.2. The lowest BCUT2D eigenvalue weighted by atomic mass is 10.0. The van der Waals surface area contributed by atoms with Crippen molar-refractivity contribution in [3.05, 3.63) is 48.6 Å². The predicted molar refractivity (Wildman–Crippen MR) is 261 cm³/mol. The SMILES string of the molecule is CC/C=C\C/C=C\C/C=C\CCCCCCCC(=O)OCC(COCCCCCCCC/C=C\CCCCCCCC)OC(=O)CCCCCCCCCCCCCCC. The van der Waals surface area contributed by atoms with Crippen LogP contribution in [-0.4, -0.2) is 37.9 Å². The van der Waals surface area contributed by atoms with Gasteiger partial charge in [0.25, 0.3) is 0 Å². The van der Waals surface area contributed by atoms with Gasteiger partial charge in [-0.05, 0) is 77.0 Å². The van der Waals surface area contributed by atoms with Gasteiger partial charge in [-0.2, -0.15) is 0 Å². The van der Waals surface area contributed by atoms with Crippen LogP contribution in [0, 0.1) is 0 Å². The summed E-state index contributed by atoms with van der Waals surface area (Å²) in [5.74, 6) is -0.409. The van der Waals surface area contributed by atoms with E-state index in [0.717, 1.165) is 70.6 Å². The van der Waals surface area contributed by atoms with Crippen LogP contribution in [-0.2, 0) is 23.8 Å². The van der Waals surface area contributed by atoms with Crippen LogP contribution in [0.25, 0.3) is 0 Å². The molecule has 5 nitrogen and oxygen atoms in total. The molecule has 0 aromatic rings. The molecule has 1 unspecified atom stereocenters. The molecule has 0 aliphatic carbocycles. The first-order valence-corrected chi connectivity index (χ1v) is 26.2. The Morgan fingerprint density at radius 3 is 1.22 bits per heavy atom. The summed E-state index contributed by atoms with van der Waals surface area (Å²) in [6, 6.07) is 0. The van der Waals surface area contributed by atoms with Crippen molar-refractivity contribution in [2.24, 2.45) is 0 Å². The molecule has 5 heteroatoms. The Bertz CT molecular complexity index is 997. The summed E-state index contributed by atoms with van der Waals surface area (Å²) in [4.78, 5) is 25.4. The minimum atomic E-state index is -0.543.